The summed E-state index contributed by atoms with van der Waals surface area (Å²) in [6.45, 7) is 7.28. The number of anilines is 1. The molecule has 0 fully saturated rings. The fourth-order valence-corrected chi connectivity index (χ4v) is 4.00. The molecule has 134 valence electrons. The van der Waals surface area contributed by atoms with Crippen molar-refractivity contribution < 1.29 is 4.79 Å². The number of thioether (sulfide) groups is 1. The molecule has 25 heavy (non-hydrogen) atoms. The van der Waals surface area contributed by atoms with E-state index in [2.05, 4.69) is 40.0 Å². The smallest absolute Gasteiger partial charge is 0.234 e. The summed E-state index contributed by atoms with van der Waals surface area (Å²) in [6, 6.07) is 6.16. The molecule has 2 aromatic rings. The van der Waals surface area contributed by atoms with Crippen molar-refractivity contribution in [3.8, 4) is 0 Å². The zero-order valence-corrected chi connectivity index (χ0v) is 16.0. The Bertz CT molecular complexity index is 754. The van der Waals surface area contributed by atoms with Crippen LogP contribution in [0.15, 0.2) is 23.4 Å². The van der Waals surface area contributed by atoms with Gasteiger partial charge in [0.2, 0.25) is 5.91 Å². The number of nitrogens with one attached hydrogen (secondary N) is 1. The Morgan fingerprint density at radius 2 is 2.12 bits per heavy atom. The number of nitrogens with zero attached hydrogens (tertiary/aromatic N) is 3. The summed E-state index contributed by atoms with van der Waals surface area (Å²) >= 11 is 1.48. The summed E-state index contributed by atoms with van der Waals surface area (Å²) in [5, 5.41) is 12.5. The Morgan fingerprint density at radius 1 is 1.28 bits per heavy atom. The van der Waals surface area contributed by atoms with Gasteiger partial charge in [-0.25, -0.2) is 0 Å². The number of carbonyl (C=O) groups excluding carboxylic acids is 1. The lowest BCUT2D eigenvalue weighted by atomic mass is 9.98. The van der Waals surface area contributed by atoms with Crippen LogP contribution in [0, 0.1) is 6.92 Å². The molecule has 1 N–H and O–H groups in total. The summed E-state index contributed by atoms with van der Waals surface area (Å²) in [5.41, 5.74) is 3.22. The van der Waals surface area contributed by atoms with E-state index in [1.165, 1.54) is 30.2 Å². The summed E-state index contributed by atoms with van der Waals surface area (Å²) in [6.07, 6.45) is 4.56. The van der Waals surface area contributed by atoms with Crippen LogP contribution in [0.1, 0.15) is 56.0 Å². The zero-order valence-electron chi connectivity index (χ0n) is 15.2. The van der Waals surface area contributed by atoms with Crippen LogP contribution in [0.3, 0.4) is 0 Å². The number of fused-ring (bicyclic) bond motifs is 1. The van der Waals surface area contributed by atoms with Gasteiger partial charge in [-0.1, -0.05) is 50.2 Å². The second-order valence-corrected chi connectivity index (χ2v) is 7.83. The molecule has 0 aliphatic carbocycles. The maximum absolute atomic E-state index is 12.5. The monoisotopic (exact) mass is 358 g/mol. The molecule has 0 atom stereocenters. The maximum Gasteiger partial charge on any atom is 0.234 e. The van der Waals surface area contributed by atoms with E-state index in [1.807, 2.05) is 19.1 Å². The van der Waals surface area contributed by atoms with Gasteiger partial charge in [0.15, 0.2) is 5.16 Å². The SMILES string of the molecule is Cc1cccc(C(C)C)c1NC(=O)CSc1nnc2n1CCCCC2. The highest BCUT2D eigenvalue weighted by Gasteiger charge is 2.17. The third kappa shape index (κ3) is 4.24. The molecule has 1 aromatic carbocycles. The van der Waals surface area contributed by atoms with Crippen molar-refractivity contribution in [3.63, 3.8) is 0 Å². The van der Waals surface area contributed by atoms with Crippen LogP contribution in [-0.4, -0.2) is 26.4 Å². The predicted molar refractivity (Wildman–Crippen MR) is 102 cm³/mol. The van der Waals surface area contributed by atoms with E-state index < -0.39 is 0 Å². The second kappa shape index (κ2) is 8.04. The zero-order chi connectivity index (χ0) is 17.8. The van der Waals surface area contributed by atoms with Crippen molar-refractivity contribution in [1.82, 2.24) is 14.8 Å². The highest BCUT2D eigenvalue weighted by Crippen LogP contribution is 2.28. The van der Waals surface area contributed by atoms with Gasteiger partial charge in [0.05, 0.1) is 5.75 Å². The summed E-state index contributed by atoms with van der Waals surface area (Å²) in [4.78, 5) is 12.5. The molecule has 0 spiro atoms. The minimum atomic E-state index is 0.00664. The predicted octanol–water partition coefficient (Wildman–Crippen LogP) is 4.17. The van der Waals surface area contributed by atoms with Gasteiger partial charge in [-0.05, 0) is 36.8 Å². The standard InChI is InChI=1S/C19H26N4OS/c1-13(2)15-9-7-8-14(3)18(15)20-17(24)12-25-19-22-21-16-10-5-4-6-11-23(16)19/h7-9,13H,4-6,10-12H2,1-3H3,(H,20,24). The van der Waals surface area contributed by atoms with Gasteiger partial charge in [-0.15, -0.1) is 10.2 Å². The quantitative estimate of drug-likeness (QED) is 0.815. The molecule has 5 nitrogen and oxygen atoms in total. The van der Waals surface area contributed by atoms with Gasteiger partial charge < -0.3 is 9.88 Å². The van der Waals surface area contributed by atoms with Gasteiger partial charge in [0.25, 0.3) is 0 Å². The number of carbonyl (C=O) groups is 1. The van der Waals surface area contributed by atoms with E-state index in [4.69, 9.17) is 0 Å². The average Bonchev–Trinajstić information content (AvgIpc) is 2.81. The Hall–Kier alpha value is -1.82. The van der Waals surface area contributed by atoms with Crippen molar-refractivity contribution in [2.45, 2.75) is 64.1 Å². The molecule has 0 saturated carbocycles. The number of para-hydroxylation sites is 1. The Morgan fingerprint density at radius 3 is 2.92 bits per heavy atom. The van der Waals surface area contributed by atoms with Crippen LogP contribution in [0.2, 0.25) is 0 Å². The lowest BCUT2D eigenvalue weighted by Crippen LogP contribution is -2.17. The summed E-state index contributed by atoms with van der Waals surface area (Å²) < 4.78 is 2.18. The largest absolute Gasteiger partial charge is 0.325 e. The molecule has 1 aliphatic heterocycles. The third-order valence-corrected chi connectivity index (χ3v) is 5.57. The van der Waals surface area contributed by atoms with E-state index >= 15 is 0 Å². The minimum Gasteiger partial charge on any atom is -0.325 e. The maximum atomic E-state index is 12.5. The molecule has 3 rings (SSSR count). The fraction of sp³-hybridized carbons (Fsp3) is 0.526. The van der Waals surface area contributed by atoms with Crippen LogP contribution in [-0.2, 0) is 17.8 Å². The van der Waals surface area contributed by atoms with Crippen LogP contribution in [0.5, 0.6) is 0 Å². The van der Waals surface area contributed by atoms with Crippen molar-refractivity contribution in [2.24, 2.45) is 0 Å². The molecule has 0 bridgehead atoms. The number of rotatable bonds is 5. The van der Waals surface area contributed by atoms with Crippen LogP contribution >= 0.6 is 11.8 Å². The van der Waals surface area contributed by atoms with Crippen LogP contribution in [0.25, 0.3) is 0 Å². The second-order valence-electron chi connectivity index (χ2n) is 6.89. The van der Waals surface area contributed by atoms with Gasteiger partial charge in [-0.3, -0.25) is 4.79 Å². The summed E-state index contributed by atoms with van der Waals surface area (Å²) in [7, 11) is 0. The number of hydrogen-bond acceptors (Lipinski definition) is 4. The lowest BCUT2D eigenvalue weighted by Gasteiger charge is -2.16. The molecule has 1 aromatic heterocycles. The molecule has 1 aliphatic rings. The van der Waals surface area contributed by atoms with Gasteiger partial charge in [-0.2, -0.15) is 0 Å². The first-order valence-electron chi connectivity index (χ1n) is 9.00. The third-order valence-electron chi connectivity index (χ3n) is 4.60. The van der Waals surface area contributed by atoms with Crippen molar-refractivity contribution in [1.29, 1.82) is 0 Å². The lowest BCUT2D eigenvalue weighted by molar-refractivity contribution is -0.113. The molecule has 2 heterocycles. The van der Waals surface area contributed by atoms with E-state index in [0.29, 0.717) is 11.7 Å². The first-order chi connectivity index (χ1) is 12.1. The van der Waals surface area contributed by atoms with Crippen molar-refractivity contribution in [2.75, 3.05) is 11.1 Å². The van der Waals surface area contributed by atoms with E-state index in [9.17, 15) is 4.79 Å². The number of hydrogen-bond donors (Lipinski definition) is 1. The molecule has 0 unspecified atom stereocenters. The Labute approximate surface area is 153 Å². The van der Waals surface area contributed by atoms with E-state index in [1.54, 1.807) is 0 Å². The molecule has 0 radical (unpaired) electrons. The normalized spacial score (nSPS) is 14.2. The fourth-order valence-electron chi connectivity index (χ4n) is 3.21. The number of amides is 1. The van der Waals surface area contributed by atoms with Gasteiger partial charge in [0.1, 0.15) is 5.82 Å². The first-order valence-corrected chi connectivity index (χ1v) is 9.99. The molecule has 0 saturated heterocycles. The highest BCUT2D eigenvalue weighted by molar-refractivity contribution is 7.99. The molecule has 6 heteroatoms. The number of aryl methyl sites for hydroxylation is 2. The van der Waals surface area contributed by atoms with Crippen LogP contribution < -0.4 is 5.32 Å². The minimum absolute atomic E-state index is 0.00664. The Balaban J connectivity index is 1.66. The van der Waals surface area contributed by atoms with Crippen LogP contribution in [0.4, 0.5) is 5.69 Å². The van der Waals surface area contributed by atoms with Gasteiger partial charge >= 0.3 is 0 Å². The van der Waals surface area contributed by atoms with E-state index in [0.717, 1.165) is 41.6 Å². The van der Waals surface area contributed by atoms with E-state index in [-0.39, 0.29) is 5.91 Å². The van der Waals surface area contributed by atoms with Gasteiger partial charge in [0, 0.05) is 18.7 Å². The Kier molecular flexibility index (Phi) is 5.78. The van der Waals surface area contributed by atoms with Crippen molar-refractivity contribution in [3.05, 3.63) is 35.2 Å². The molecular formula is C19H26N4OS. The summed E-state index contributed by atoms with van der Waals surface area (Å²) in [5.74, 6) is 1.79. The highest BCUT2D eigenvalue weighted by atomic mass is 32.2. The number of benzene rings is 1. The first kappa shape index (κ1) is 18.0. The number of aromatic nitrogens is 3. The average molecular weight is 359 g/mol. The molecule has 1 amide bonds. The topological polar surface area (TPSA) is 59.8 Å². The molecular weight excluding hydrogens is 332 g/mol. The van der Waals surface area contributed by atoms with Crippen molar-refractivity contribution >= 4 is 23.4 Å².